The minimum absolute atomic E-state index is 0.00622. The van der Waals surface area contributed by atoms with Crippen LogP contribution in [0.3, 0.4) is 0 Å². The van der Waals surface area contributed by atoms with Gasteiger partial charge in [-0.25, -0.2) is 12.8 Å². The lowest BCUT2D eigenvalue weighted by molar-refractivity contribution is -0.140. The van der Waals surface area contributed by atoms with E-state index in [9.17, 15) is 22.4 Å². The fourth-order valence-electron chi connectivity index (χ4n) is 5.60. The molecule has 0 aromatic heterocycles. The van der Waals surface area contributed by atoms with E-state index >= 15 is 0 Å². The topological polar surface area (TPSA) is 86.8 Å². The molecule has 7 nitrogen and oxygen atoms in total. The van der Waals surface area contributed by atoms with Gasteiger partial charge in [-0.15, -0.1) is 0 Å². The number of rotatable bonds is 12. The SMILES string of the molecule is O=C(NC1CCCC1)[C@@H](Cc1ccccc1)N(Cc1ccc(Br)cc1)C(=O)CN(c1ccc(F)c(Cl)c1)S(=O)(=O)c1ccccc1. The first-order valence-corrected chi connectivity index (χ1v) is 17.6. The quantitative estimate of drug-likeness (QED) is 0.168. The Morgan fingerprint density at radius 1 is 0.891 bits per heavy atom. The van der Waals surface area contributed by atoms with E-state index in [1.807, 2.05) is 54.6 Å². The molecular weight excluding hydrogens is 693 g/mol. The van der Waals surface area contributed by atoms with Crippen LogP contribution in [-0.4, -0.2) is 43.8 Å². The van der Waals surface area contributed by atoms with Gasteiger partial charge in [0.1, 0.15) is 18.4 Å². The van der Waals surface area contributed by atoms with E-state index in [0.29, 0.717) is 0 Å². The van der Waals surface area contributed by atoms with E-state index in [0.717, 1.165) is 51.7 Å². The van der Waals surface area contributed by atoms with Gasteiger partial charge in [0.15, 0.2) is 0 Å². The molecule has 0 aliphatic heterocycles. The number of anilines is 1. The molecule has 46 heavy (non-hydrogen) atoms. The zero-order chi connectivity index (χ0) is 32.7. The number of carbonyl (C=O) groups is 2. The molecule has 4 aromatic carbocycles. The van der Waals surface area contributed by atoms with Crippen LogP contribution in [0.15, 0.2) is 112 Å². The van der Waals surface area contributed by atoms with Gasteiger partial charge in [0.05, 0.1) is 15.6 Å². The van der Waals surface area contributed by atoms with E-state index in [4.69, 9.17) is 11.6 Å². The van der Waals surface area contributed by atoms with Crippen molar-refractivity contribution >= 4 is 55.1 Å². The lowest BCUT2D eigenvalue weighted by atomic mass is 10.0. The predicted octanol–water partition coefficient (Wildman–Crippen LogP) is 7.14. The summed E-state index contributed by atoms with van der Waals surface area (Å²) >= 11 is 9.53. The smallest absolute Gasteiger partial charge is 0.264 e. The number of sulfonamides is 1. The van der Waals surface area contributed by atoms with E-state index < -0.39 is 34.3 Å². The first kappa shape index (κ1) is 33.6. The highest BCUT2D eigenvalue weighted by Gasteiger charge is 2.35. The van der Waals surface area contributed by atoms with Crippen molar-refractivity contribution in [2.45, 2.75) is 55.6 Å². The van der Waals surface area contributed by atoms with Gasteiger partial charge < -0.3 is 10.2 Å². The zero-order valence-electron chi connectivity index (χ0n) is 25.0. The second-order valence-corrected chi connectivity index (χ2v) is 14.5. The summed E-state index contributed by atoms with van der Waals surface area (Å²) in [5.41, 5.74) is 1.62. The molecule has 0 radical (unpaired) electrons. The van der Waals surface area contributed by atoms with Crippen molar-refractivity contribution in [1.29, 1.82) is 0 Å². The Hall–Kier alpha value is -3.73. The van der Waals surface area contributed by atoms with Crippen molar-refractivity contribution < 1.29 is 22.4 Å². The van der Waals surface area contributed by atoms with Crippen molar-refractivity contribution in [2.24, 2.45) is 0 Å². The Balaban J connectivity index is 1.57. The molecular formula is C35H34BrClFN3O4S. The predicted molar refractivity (Wildman–Crippen MR) is 181 cm³/mol. The summed E-state index contributed by atoms with van der Waals surface area (Å²) in [7, 11) is -4.32. The number of halogens is 3. The van der Waals surface area contributed by atoms with Crippen LogP contribution in [0.5, 0.6) is 0 Å². The van der Waals surface area contributed by atoms with Gasteiger partial charge in [-0.1, -0.05) is 101 Å². The van der Waals surface area contributed by atoms with Crippen LogP contribution in [0.4, 0.5) is 10.1 Å². The highest BCUT2D eigenvalue weighted by atomic mass is 79.9. The second-order valence-electron chi connectivity index (χ2n) is 11.3. The highest BCUT2D eigenvalue weighted by Crippen LogP contribution is 2.29. The third-order valence-corrected chi connectivity index (χ3v) is 10.6. The lowest BCUT2D eigenvalue weighted by Gasteiger charge is -2.34. The fourth-order valence-corrected chi connectivity index (χ4v) is 7.46. The van der Waals surface area contributed by atoms with E-state index in [1.54, 1.807) is 18.2 Å². The minimum atomic E-state index is -4.32. The Morgan fingerprint density at radius 2 is 1.52 bits per heavy atom. The van der Waals surface area contributed by atoms with E-state index in [-0.39, 0.29) is 40.5 Å². The van der Waals surface area contributed by atoms with Crippen molar-refractivity contribution in [3.05, 3.63) is 130 Å². The Morgan fingerprint density at radius 3 is 2.15 bits per heavy atom. The largest absolute Gasteiger partial charge is 0.352 e. The van der Waals surface area contributed by atoms with Crippen LogP contribution in [0.2, 0.25) is 5.02 Å². The molecule has 0 saturated heterocycles. The van der Waals surface area contributed by atoms with E-state index in [2.05, 4.69) is 21.2 Å². The summed E-state index contributed by atoms with van der Waals surface area (Å²) in [5, 5.41) is 2.86. The van der Waals surface area contributed by atoms with Crippen molar-refractivity contribution in [2.75, 3.05) is 10.8 Å². The Labute approximate surface area is 282 Å². The fraction of sp³-hybridized carbons (Fsp3) is 0.257. The minimum Gasteiger partial charge on any atom is -0.352 e. The molecule has 1 fully saturated rings. The zero-order valence-corrected chi connectivity index (χ0v) is 28.1. The number of benzene rings is 4. The highest BCUT2D eigenvalue weighted by molar-refractivity contribution is 9.10. The van der Waals surface area contributed by atoms with Gasteiger partial charge in [-0.3, -0.25) is 13.9 Å². The third kappa shape index (κ3) is 8.34. The van der Waals surface area contributed by atoms with Crippen LogP contribution >= 0.6 is 27.5 Å². The van der Waals surface area contributed by atoms with Gasteiger partial charge in [0.25, 0.3) is 10.0 Å². The standard InChI is InChI=1S/C35H34BrClFN3O4S/c36-27-17-15-26(16-18-27)23-40(33(21-25-9-3-1-4-10-25)35(43)39-28-11-7-8-12-28)34(42)24-41(29-19-20-32(38)31(37)22-29)46(44,45)30-13-5-2-6-14-30/h1-6,9-10,13-20,22,28,33H,7-8,11-12,21,23-24H2,(H,39,43)/t33-/m1/s1. The first-order valence-electron chi connectivity index (χ1n) is 15.0. The Kier molecular flexibility index (Phi) is 11.1. The number of hydrogen-bond donors (Lipinski definition) is 1. The molecule has 0 heterocycles. The summed E-state index contributed by atoms with van der Waals surface area (Å²) in [5.74, 6) is -1.63. The summed E-state index contributed by atoms with van der Waals surface area (Å²) < 4.78 is 44.0. The Bertz CT molecular complexity index is 1760. The van der Waals surface area contributed by atoms with Crippen LogP contribution in [0.1, 0.15) is 36.8 Å². The maximum absolute atomic E-state index is 14.5. The second kappa shape index (κ2) is 15.2. The van der Waals surface area contributed by atoms with Crippen molar-refractivity contribution in [1.82, 2.24) is 10.2 Å². The lowest BCUT2D eigenvalue weighted by Crippen LogP contribution is -2.54. The van der Waals surface area contributed by atoms with Gasteiger partial charge in [0.2, 0.25) is 11.8 Å². The van der Waals surface area contributed by atoms with Crippen LogP contribution in [0, 0.1) is 5.82 Å². The van der Waals surface area contributed by atoms with Crippen LogP contribution in [-0.2, 0) is 32.6 Å². The molecule has 0 unspecified atom stereocenters. The molecule has 1 atom stereocenters. The van der Waals surface area contributed by atoms with Crippen molar-refractivity contribution in [3.8, 4) is 0 Å². The molecule has 1 N–H and O–H groups in total. The summed E-state index contributed by atoms with van der Waals surface area (Å²) in [6.45, 7) is -0.608. The third-order valence-electron chi connectivity index (χ3n) is 8.04. The molecule has 2 amide bonds. The summed E-state index contributed by atoms with van der Waals surface area (Å²) in [6.07, 6.45) is 3.97. The number of hydrogen-bond acceptors (Lipinski definition) is 4. The first-order chi connectivity index (χ1) is 22.1. The van der Waals surface area contributed by atoms with Gasteiger partial charge >= 0.3 is 0 Å². The number of nitrogens with one attached hydrogen (secondary N) is 1. The summed E-state index contributed by atoms with van der Waals surface area (Å²) in [4.78, 5) is 30.0. The maximum Gasteiger partial charge on any atom is 0.264 e. The molecule has 11 heteroatoms. The average molecular weight is 727 g/mol. The number of carbonyl (C=O) groups excluding carboxylic acids is 2. The monoisotopic (exact) mass is 725 g/mol. The molecule has 5 rings (SSSR count). The molecule has 1 aliphatic carbocycles. The molecule has 0 bridgehead atoms. The van der Waals surface area contributed by atoms with Gasteiger partial charge in [-0.2, -0.15) is 0 Å². The van der Waals surface area contributed by atoms with Gasteiger partial charge in [0, 0.05) is 23.5 Å². The van der Waals surface area contributed by atoms with Crippen molar-refractivity contribution in [3.63, 3.8) is 0 Å². The van der Waals surface area contributed by atoms with Crippen LogP contribution in [0.25, 0.3) is 0 Å². The normalized spacial score (nSPS) is 14.1. The van der Waals surface area contributed by atoms with E-state index in [1.165, 1.54) is 29.2 Å². The molecule has 4 aromatic rings. The number of nitrogens with zero attached hydrogens (tertiary/aromatic N) is 2. The average Bonchev–Trinajstić information content (AvgIpc) is 3.57. The maximum atomic E-state index is 14.5. The molecule has 0 spiro atoms. The molecule has 1 saturated carbocycles. The summed E-state index contributed by atoms with van der Waals surface area (Å²) in [6, 6.07) is 27.0. The van der Waals surface area contributed by atoms with Gasteiger partial charge in [-0.05, 0) is 66.4 Å². The molecule has 1 aliphatic rings. The molecule has 240 valence electrons. The number of amides is 2. The van der Waals surface area contributed by atoms with Crippen LogP contribution < -0.4 is 9.62 Å².